The minimum Gasteiger partial charge on any atom is -0.405 e. The van der Waals surface area contributed by atoms with E-state index in [1.54, 1.807) is 9.80 Å². The van der Waals surface area contributed by atoms with Crippen LogP contribution < -0.4 is 25.9 Å². The van der Waals surface area contributed by atoms with Gasteiger partial charge in [0.05, 0.1) is 33.6 Å². The predicted molar refractivity (Wildman–Crippen MR) is 271 cm³/mol. The van der Waals surface area contributed by atoms with Crippen molar-refractivity contribution in [1.29, 1.82) is 0 Å². The van der Waals surface area contributed by atoms with Crippen LogP contribution in [-0.2, 0) is 40.8 Å². The van der Waals surface area contributed by atoms with Crippen molar-refractivity contribution in [2.75, 3.05) is 33.5 Å². The van der Waals surface area contributed by atoms with Crippen molar-refractivity contribution in [3.63, 3.8) is 0 Å². The molecule has 4 aromatic carbocycles. The smallest absolute Gasteiger partial charge is 0.405 e. The molecule has 66 heavy (non-hydrogen) atoms. The fourth-order valence-corrected chi connectivity index (χ4v) is 8.44. The molecule has 0 unspecified atom stereocenters. The van der Waals surface area contributed by atoms with E-state index in [9.17, 15) is 9.59 Å². The zero-order valence-electron chi connectivity index (χ0n) is 41.2. The number of benzene rings is 4. The number of aryl methyl sites for hydroxylation is 2. The molecule has 5 aliphatic heterocycles. The normalized spacial score (nSPS) is 21.0. The topological polar surface area (TPSA) is 120 Å². The van der Waals surface area contributed by atoms with Gasteiger partial charge in [-0.25, -0.2) is 9.59 Å². The summed E-state index contributed by atoms with van der Waals surface area (Å²) >= 11 is 3.46. The van der Waals surface area contributed by atoms with Gasteiger partial charge in [-0.05, 0) is 180 Å². The summed E-state index contributed by atoms with van der Waals surface area (Å²) in [6, 6.07) is 27.6. The number of hydrogen-bond donors (Lipinski definition) is 2. The molecule has 12 nitrogen and oxygen atoms in total. The van der Waals surface area contributed by atoms with Crippen LogP contribution in [0.5, 0.6) is 0 Å². The minimum absolute atomic E-state index is 0.0725. The van der Waals surface area contributed by atoms with Gasteiger partial charge in [0.25, 0.3) is 0 Å². The first-order valence-electron chi connectivity index (χ1n) is 23.0. The second-order valence-electron chi connectivity index (χ2n) is 20.8. The van der Waals surface area contributed by atoms with Crippen molar-refractivity contribution in [1.82, 2.24) is 0 Å². The van der Waals surface area contributed by atoms with Crippen molar-refractivity contribution >= 4 is 77.3 Å². The maximum Gasteiger partial charge on any atom is 0.495 e. The molecule has 5 aliphatic rings. The number of carbonyl (C=O) groups excluding carboxylic acids is 2. The van der Waals surface area contributed by atoms with Crippen molar-refractivity contribution < 1.29 is 37.5 Å². The molecule has 2 N–H and O–H groups in total. The van der Waals surface area contributed by atoms with Gasteiger partial charge >= 0.3 is 33.2 Å². The Balaban J connectivity index is 0.000000152. The molecule has 4 aromatic rings. The first-order chi connectivity index (χ1) is 30.7. The van der Waals surface area contributed by atoms with Gasteiger partial charge in [-0.2, -0.15) is 0 Å². The van der Waals surface area contributed by atoms with Gasteiger partial charge in [-0.15, -0.1) is 0 Å². The molecule has 4 amide bonds. The van der Waals surface area contributed by atoms with Gasteiger partial charge in [0, 0.05) is 40.3 Å². The lowest BCUT2D eigenvalue weighted by Gasteiger charge is -2.32. The minimum atomic E-state index is -0.476. The van der Waals surface area contributed by atoms with E-state index in [1.165, 1.54) is 11.1 Å². The summed E-state index contributed by atoms with van der Waals surface area (Å²) in [5, 5.41) is 5.98. The van der Waals surface area contributed by atoms with Crippen LogP contribution in [0, 0.1) is 13.8 Å². The van der Waals surface area contributed by atoms with Crippen molar-refractivity contribution in [2.45, 2.75) is 143 Å². The summed E-state index contributed by atoms with van der Waals surface area (Å²) < 4.78 is 37.2. The highest BCUT2D eigenvalue weighted by molar-refractivity contribution is 9.10. The van der Waals surface area contributed by atoms with Gasteiger partial charge in [0.2, 0.25) is 0 Å². The molecule has 16 heteroatoms. The van der Waals surface area contributed by atoms with Crippen LogP contribution in [-0.4, -0.2) is 79.9 Å². The Kier molecular flexibility index (Phi) is 13.9. The molecule has 3 saturated heterocycles. The molecule has 0 atom stereocenters. The molecule has 0 spiro atoms. The maximum atomic E-state index is 12.8. The lowest BCUT2D eigenvalue weighted by atomic mass is 9.49. The van der Waals surface area contributed by atoms with Crippen LogP contribution in [0.25, 0.3) is 0 Å². The van der Waals surface area contributed by atoms with Crippen LogP contribution in [0.3, 0.4) is 0 Å². The molecule has 0 saturated carbocycles. The number of hydrogen-bond acceptors (Lipinski definition) is 8. The summed E-state index contributed by atoms with van der Waals surface area (Å²) in [6.45, 7) is 29.9. The number of fused-ring (bicyclic) bond motifs is 2. The molecular weight excluding hydrogens is 897 g/mol. The monoisotopic (exact) mass is 962 g/mol. The van der Waals surface area contributed by atoms with E-state index in [0.29, 0.717) is 6.54 Å². The van der Waals surface area contributed by atoms with E-state index in [1.807, 2.05) is 170 Å². The summed E-state index contributed by atoms with van der Waals surface area (Å²) in [6.07, 6.45) is 1.81. The number of halogens is 1. The standard InChI is InChI=1S/C22H27BN2O3.C16H15BrN2O.C12H24B2O4/c1-15-14-17(10-11-18(15)23-27-21(2,3)22(4,5)28-23)24-20(26)25-13-12-16-8-6-7-9-19(16)25;1-11-10-13(6-7-14(11)17)18-16(20)19-9-8-12-4-2-3-5-15(12)19;1-9(2)10(3,4)16-13(15-9)14-17-11(5,6)12(7,8)18-14/h6-11,14H,12-13H2,1-5H3,(H,24,26);2-7,10H,8-9H2,1H3,(H,18,20);1-8H3. The average molecular weight is 963 g/mol. The third-order valence-electron chi connectivity index (χ3n) is 14.5. The molecule has 5 heterocycles. The third-order valence-corrected chi connectivity index (χ3v) is 15.4. The predicted octanol–water partition coefficient (Wildman–Crippen LogP) is 10.5. The molecule has 0 aromatic heterocycles. The van der Waals surface area contributed by atoms with E-state index >= 15 is 0 Å². The third kappa shape index (κ3) is 10.2. The van der Waals surface area contributed by atoms with Gasteiger partial charge in [-0.1, -0.05) is 58.4 Å². The van der Waals surface area contributed by atoms with E-state index in [0.717, 1.165) is 63.2 Å². The lowest BCUT2D eigenvalue weighted by Crippen LogP contribution is -2.41. The van der Waals surface area contributed by atoms with Gasteiger partial charge in [0.1, 0.15) is 0 Å². The SMILES string of the molecule is CC1(C)OB(B2OC(C)(C)C(C)(C)O2)OC1(C)C.Cc1cc(NC(=O)N2CCc3ccccc32)ccc1B1OC(C)(C)C(C)(C)O1.Cc1cc(NC(=O)N2CCc3ccccc32)ccc1Br. The maximum absolute atomic E-state index is 12.8. The summed E-state index contributed by atoms with van der Waals surface area (Å²) in [4.78, 5) is 28.7. The largest absolute Gasteiger partial charge is 0.495 e. The van der Waals surface area contributed by atoms with Crippen LogP contribution >= 0.6 is 15.9 Å². The number of urea groups is 2. The van der Waals surface area contributed by atoms with Crippen LogP contribution in [0.1, 0.15) is 105 Å². The summed E-state index contributed by atoms with van der Waals surface area (Å²) in [7, 11) is -1.35. The van der Waals surface area contributed by atoms with Crippen LogP contribution in [0.2, 0.25) is 0 Å². The van der Waals surface area contributed by atoms with Gasteiger partial charge in [-0.3, -0.25) is 9.80 Å². The highest BCUT2D eigenvalue weighted by Gasteiger charge is 2.63. The van der Waals surface area contributed by atoms with E-state index in [2.05, 4.69) is 38.7 Å². The molecule has 9 rings (SSSR count). The van der Waals surface area contributed by atoms with E-state index in [4.69, 9.17) is 27.9 Å². The average Bonchev–Trinajstić information content (AvgIpc) is 4.00. The quantitative estimate of drug-likeness (QED) is 0.194. The number of nitrogens with zero attached hydrogens (tertiary/aromatic N) is 2. The van der Waals surface area contributed by atoms with E-state index < -0.39 is 21.1 Å². The summed E-state index contributed by atoms with van der Waals surface area (Å²) in [5.41, 5.74) is 6.97. The van der Waals surface area contributed by atoms with Crippen molar-refractivity contribution in [3.8, 4) is 0 Å². The number of anilines is 4. The van der Waals surface area contributed by atoms with Crippen molar-refractivity contribution in [3.05, 3.63) is 112 Å². The first kappa shape index (κ1) is 49.8. The molecular formula is C50H66B3BrN4O8. The lowest BCUT2D eigenvalue weighted by molar-refractivity contribution is 0.00578. The van der Waals surface area contributed by atoms with Gasteiger partial charge < -0.3 is 38.6 Å². The van der Waals surface area contributed by atoms with Crippen molar-refractivity contribution in [2.24, 2.45) is 0 Å². The zero-order chi connectivity index (χ0) is 48.2. The number of para-hydroxylation sites is 2. The Morgan fingerprint density at radius 1 is 0.515 bits per heavy atom. The fraction of sp³-hybridized carbons (Fsp3) is 0.480. The molecule has 0 bridgehead atoms. The number of nitrogens with one attached hydrogen (secondary N) is 2. The first-order valence-corrected chi connectivity index (χ1v) is 23.8. The molecule has 3 fully saturated rings. The Morgan fingerprint density at radius 2 is 0.879 bits per heavy atom. The number of carbonyl (C=O) groups is 2. The highest BCUT2D eigenvalue weighted by atomic mass is 79.9. The van der Waals surface area contributed by atoms with Crippen LogP contribution in [0.4, 0.5) is 32.3 Å². The Labute approximate surface area is 401 Å². The second kappa shape index (κ2) is 18.4. The number of rotatable bonds is 4. The van der Waals surface area contributed by atoms with E-state index in [-0.39, 0.29) is 45.7 Å². The molecule has 350 valence electrons. The molecule has 0 radical (unpaired) electrons. The Bertz CT molecular complexity index is 2380. The summed E-state index contributed by atoms with van der Waals surface area (Å²) in [5.74, 6) is 0. The Morgan fingerprint density at radius 3 is 1.27 bits per heavy atom. The highest BCUT2D eigenvalue weighted by Crippen LogP contribution is 2.43. The van der Waals surface area contributed by atoms with Gasteiger partial charge in [0.15, 0.2) is 0 Å². The number of amides is 4. The second-order valence-corrected chi connectivity index (χ2v) is 21.6. The Hall–Kier alpha value is -4.15. The zero-order valence-corrected chi connectivity index (χ0v) is 42.8. The fourth-order valence-electron chi connectivity index (χ4n) is 8.19. The van der Waals surface area contributed by atoms with Crippen LogP contribution in [0.15, 0.2) is 89.4 Å². The molecule has 0 aliphatic carbocycles.